The summed E-state index contributed by atoms with van der Waals surface area (Å²) >= 11 is 0. The summed E-state index contributed by atoms with van der Waals surface area (Å²) in [5.41, 5.74) is 7.87. The van der Waals surface area contributed by atoms with Crippen LogP contribution in [0.1, 0.15) is 32.0 Å². The minimum atomic E-state index is -0.533. The van der Waals surface area contributed by atoms with Gasteiger partial charge in [-0.1, -0.05) is 6.07 Å². The SMILES string of the molecule is Cc1cc(C(N)=O)cc(C(=O)N(C)CCc2ccccn2)c1. The van der Waals surface area contributed by atoms with Gasteiger partial charge in [-0.05, 0) is 42.8 Å². The van der Waals surface area contributed by atoms with Crippen molar-refractivity contribution < 1.29 is 9.59 Å². The number of aromatic nitrogens is 1. The van der Waals surface area contributed by atoms with Gasteiger partial charge in [0.25, 0.3) is 5.91 Å². The van der Waals surface area contributed by atoms with Crippen LogP contribution in [-0.2, 0) is 6.42 Å². The Morgan fingerprint density at radius 1 is 1.18 bits per heavy atom. The van der Waals surface area contributed by atoms with Crippen molar-refractivity contribution in [3.8, 4) is 0 Å². The van der Waals surface area contributed by atoms with Crippen molar-refractivity contribution in [2.24, 2.45) is 5.73 Å². The van der Waals surface area contributed by atoms with Crippen LogP contribution in [0.25, 0.3) is 0 Å². The van der Waals surface area contributed by atoms with E-state index in [4.69, 9.17) is 5.73 Å². The van der Waals surface area contributed by atoms with Crippen LogP contribution in [0.15, 0.2) is 42.6 Å². The van der Waals surface area contributed by atoms with Crippen molar-refractivity contribution in [3.63, 3.8) is 0 Å². The zero-order chi connectivity index (χ0) is 16.1. The molecule has 0 fully saturated rings. The fourth-order valence-corrected chi connectivity index (χ4v) is 2.20. The molecule has 0 aliphatic carbocycles. The van der Waals surface area contributed by atoms with Crippen LogP contribution in [0.3, 0.4) is 0 Å². The first-order valence-corrected chi connectivity index (χ1v) is 7.04. The molecule has 0 aliphatic heterocycles. The molecule has 114 valence electrons. The van der Waals surface area contributed by atoms with Gasteiger partial charge in [0.15, 0.2) is 0 Å². The topological polar surface area (TPSA) is 76.3 Å². The Kier molecular flexibility index (Phi) is 4.88. The Morgan fingerprint density at radius 3 is 2.55 bits per heavy atom. The molecule has 0 unspecified atom stereocenters. The summed E-state index contributed by atoms with van der Waals surface area (Å²) in [6.07, 6.45) is 2.41. The van der Waals surface area contributed by atoms with Crippen molar-refractivity contribution >= 4 is 11.8 Å². The summed E-state index contributed by atoms with van der Waals surface area (Å²) in [6.45, 7) is 2.38. The van der Waals surface area contributed by atoms with E-state index < -0.39 is 5.91 Å². The molecular formula is C17H19N3O2. The van der Waals surface area contributed by atoms with Crippen LogP contribution in [0.4, 0.5) is 0 Å². The average Bonchev–Trinajstić information content (AvgIpc) is 2.52. The van der Waals surface area contributed by atoms with Crippen LogP contribution >= 0.6 is 0 Å². The van der Waals surface area contributed by atoms with Gasteiger partial charge in [-0.25, -0.2) is 0 Å². The molecule has 0 bridgehead atoms. The van der Waals surface area contributed by atoms with Crippen LogP contribution in [0.2, 0.25) is 0 Å². The minimum Gasteiger partial charge on any atom is -0.366 e. The molecular weight excluding hydrogens is 278 g/mol. The van der Waals surface area contributed by atoms with E-state index in [1.54, 1.807) is 30.3 Å². The maximum Gasteiger partial charge on any atom is 0.253 e. The third kappa shape index (κ3) is 3.91. The lowest BCUT2D eigenvalue weighted by molar-refractivity contribution is 0.0796. The summed E-state index contributed by atoms with van der Waals surface area (Å²) in [5.74, 6) is -0.670. The standard InChI is InChI=1S/C17H19N3O2/c1-12-9-13(16(18)21)11-14(10-12)17(22)20(2)8-6-15-5-3-4-7-19-15/h3-5,7,9-11H,6,8H2,1-2H3,(H2,18,21). The number of amides is 2. The van der Waals surface area contributed by atoms with E-state index in [2.05, 4.69) is 4.98 Å². The minimum absolute atomic E-state index is 0.137. The van der Waals surface area contributed by atoms with E-state index in [0.29, 0.717) is 24.1 Å². The van der Waals surface area contributed by atoms with Crippen molar-refractivity contribution in [1.82, 2.24) is 9.88 Å². The maximum atomic E-state index is 12.4. The van der Waals surface area contributed by atoms with E-state index in [-0.39, 0.29) is 5.91 Å². The van der Waals surface area contributed by atoms with Crippen LogP contribution in [0.5, 0.6) is 0 Å². The molecule has 0 atom stereocenters. The van der Waals surface area contributed by atoms with E-state index in [1.807, 2.05) is 25.1 Å². The zero-order valence-corrected chi connectivity index (χ0v) is 12.7. The van der Waals surface area contributed by atoms with Gasteiger partial charge in [-0.3, -0.25) is 14.6 Å². The monoisotopic (exact) mass is 297 g/mol. The Morgan fingerprint density at radius 2 is 1.91 bits per heavy atom. The fraction of sp³-hybridized carbons (Fsp3) is 0.235. The van der Waals surface area contributed by atoms with Gasteiger partial charge < -0.3 is 10.6 Å². The number of carbonyl (C=O) groups is 2. The Labute approximate surface area is 129 Å². The number of nitrogens with two attached hydrogens (primary N) is 1. The summed E-state index contributed by atoms with van der Waals surface area (Å²) in [7, 11) is 1.73. The third-order valence-corrected chi connectivity index (χ3v) is 3.39. The molecule has 0 saturated carbocycles. The van der Waals surface area contributed by atoms with E-state index in [1.165, 1.54) is 6.07 Å². The van der Waals surface area contributed by atoms with Crippen LogP contribution in [0, 0.1) is 6.92 Å². The molecule has 1 aromatic heterocycles. The molecule has 1 aromatic carbocycles. The van der Waals surface area contributed by atoms with Gasteiger partial charge in [0.05, 0.1) is 0 Å². The smallest absolute Gasteiger partial charge is 0.253 e. The number of pyridine rings is 1. The second kappa shape index (κ2) is 6.85. The van der Waals surface area contributed by atoms with Crippen molar-refractivity contribution in [2.75, 3.05) is 13.6 Å². The number of primary amides is 1. The lowest BCUT2D eigenvalue weighted by Gasteiger charge is -2.17. The summed E-state index contributed by atoms with van der Waals surface area (Å²) in [5, 5.41) is 0. The number of aryl methyl sites for hydroxylation is 1. The highest BCUT2D eigenvalue weighted by molar-refractivity contribution is 5.99. The number of nitrogens with zero attached hydrogens (tertiary/aromatic N) is 2. The highest BCUT2D eigenvalue weighted by Gasteiger charge is 2.14. The third-order valence-electron chi connectivity index (χ3n) is 3.39. The fourth-order valence-electron chi connectivity index (χ4n) is 2.20. The van der Waals surface area contributed by atoms with Crippen LogP contribution in [-0.4, -0.2) is 35.3 Å². The number of benzene rings is 1. The van der Waals surface area contributed by atoms with E-state index >= 15 is 0 Å². The molecule has 2 rings (SSSR count). The van der Waals surface area contributed by atoms with Gasteiger partial charge in [-0.2, -0.15) is 0 Å². The highest BCUT2D eigenvalue weighted by atomic mass is 16.2. The Bertz CT molecular complexity index is 684. The summed E-state index contributed by atoms with van der Waals surface area (Å²) in [4.78, 5) is 29.6. The Balaban J connectivity index is 2.08. The molecule has 22 heavy (non-hydrogen) atoms. The second-order valence-electron chi connectivity index (χ2n) is 5.25. The summed E-state index contributed by atoms with van der Waals surface area (Å²) in [6, 6.07) is 10.7. The number of carbonyl (C=O) groups excluding carboxylic acids is 2. The van der Waals surface area contributed by atoms with Gasteiger partial charge in [0, 0.05) is 43.0 Å². The van der Waals surface area contributed by atoms with E-state index in [9.17, 15) is 9.59 Å². The van der Waals surface area contributed by atoms with Gasteiger partial charge in [0.1, 0.15) is 0 Å². The lowest BCUT2D eigenvalue weighted by atomic mass is 10.1. The second-order valence-corrected chi connectivity index (χ2v) is 5.25. The van der Waals surface area contributed by atoms with E-state index in [0.717, 1.165) is 11.3 Å². The van der Waals surface area contributed by atoms with Crippen molar-refractivity contribution in [2.45, 2.75) is 13.3 Å². The first kappa shape index (κ1) is 15.7. The number of hydrogen-bond acceptors (Lipinski definition) is 3. The molecule has 0 radical (unpaired) electrons. The number of hydrogen-bond donors (Lipinski definition) is 1. The van der Waals surface area contributed by atoms with Crippen molar-refractivity contribution in [3.05, 3.63) is 65.0 Å². The molecule has 1 heterocycles. The Hall–Kier alpha value is -2.69. The normalized spacial score (nSPS) is 10.3. The predicted octanol–water partition coefficient (Wildman–Crippen LogP) is 1.80. The largest absolute Gasteiger partial charge is 0.366 e. The molecule has 0 spiro atoms. The molecule has 0 saturated heterocycles. The average molecular weight is 297 g/mol. The maximum absolute atomic E-state index is 12.4. The first-order valence-electron chi connectivity index (χ1n) is 7.04. The zero-order valence-electron chi connectivity index (χ0n) is 12.7. The van der Waals surface area contributed by atoms with Crippen LogP contribution < -0.4 is 5.73 Å². The molecule has 2 N–H and O–H groups in total. The van der Waals surface area contributed by atoms with Gasteiger partial charge in [-0.15, -0.1) is 0 Å². The van der Waals surface area contributed by atoms with Crippen molar-refractivity contribution in [1.29, 1.82) is 0 Å². The molecule has 5 nitrogen and oxygen atoms in total. The summed E-state index contributed by atoms with van der Waals surface area (Å²) < 4.78 is 0. The lowest BCUT2D eigenvalue weighted by Crippen LogP contribution is -2.29. The molecule has 2 amide bonds. The van der Waals surface area contributed by atoms with Gasteiger partial charge in [0.2, 0.25) is 5.91 Å². The predicted molar refractivity (Wildman–Crippen MR) is 84.6 cm³/mol. The van der Waals surface area contributed by atoms with Gasteiger partial charge >= 0.3 is 0 Å². The molecule has 0 aliphatic rings. The highest BCUT2D eigenvalue weighted by Crippen LogP contribution is 2.12. The quantitative estimate of drug-likeness (QED) is 0.914. The number of rotatable bonds is 5. The first-order chi connectivity index (χ1) is 10.5. The number of likely N-dealkylation sites (N-methyl/N-ethyl adjacent to an activating group) is 1. The molecule has 2 aromatic rings. The molecule has 5 heteroatoms.